The van der Waals surface area contributed by atoms with Crippen molar-refractivity contribution in [1.82, 2.24) is 0 Å². The van der Waals surface area contributed by atoms with Crippen LogP contribution in [0.2, 0.25) is 0 Å². The molecule has 1 fully saturated rings. The third-order valence-electron chi connectivity index (χ3n) is 2.71. The lowest BCUT2D eigenvalue weighted by Gasteiger charge is -2.26. The first-order valence-corrected chi connectivity index (χ1v) is 6.93. The van der Waals surface area contributed by atoms with Crippen molar-refractivity contribution < 1.29 is 4.74 Å². The summed E-state index contributed by atoms with van der Waals surface area (Å²) in [5.74, 6) is 2.46. The molecule has 3 heteroatoms. The summed E-state index contributed by atoms with van der Waals surface area (Å²) in [7, 11) is 0. The summed E-state index contributed by atoms with van der Waals surface area (Å²) in [5.41, 5.74) is 5.83. The molecule has 0 spiro atoms. The van der Waals surface area contributed by atoms with Crippen LogP contribution in [-0.2, 0) is 4.74 Å². The number of thioether (sulfide) groups is 1. The van der Waals surface area contributed by atoms with Crippen LogP contribution < -0.4 is 5.73 Å². The number of ether oxygens (including phenoxy) is 1. The van der Waals surface area contributed by atoms with Crippen molar-refractivity contribution >= 4 is 11.8 Å². The van der Waals surface area contributed by atoms with Gasteiger partial charge in [0.05, 0.1) is 6.10 Å². The van der Waals surface area contributed by atoms with Crippen LogP contribution in [0.1, 0.15) is 39.0 Å². The van der Waals surface area contributed by atoms with Gasteiger partial charge >= 0.3 is 0 Å². The van der Waals surface area contributed by atoms with E-state index in [0.717, 1.165) is 19.4 Å². The lowest BCUT2D eigenvalue weighted by Crippen LogP contribution is -2.30. The molecule has 0 heterocycles. The monoisotopic (exact) mass is 217 g/mol. The Morgan fingerprint density at radius 3 is 2.64 bits per heavy atom. The molecule has 0 aromatic carbocycles. The summed E-state index contributed by atoms with van der Waals surface area (Å²) in [6, 6.07) is 0.436. The van der Waals surface area contributed by atoms with Gasteiger partial charge in [-0.25, -0.2) is 0 Å². The Hall–Kier alpha value is 0.270. The molecule has 0 atom stereocenters. The van der Waals surface area contributed by atoms with Crippen molar-refractivity contribution in [3.63, 3.8) is 0 Å². The van der Waals surface area contributed by atoms with Crippen molar-refractivity contribution in [3.8, 4) is 0 Å². The third kappa shape index (κ3) is 5.23. The van der Waals surface area contributed by atoms with E-state index in [0.29, 0.717) is 12.1 Å². The van der Waals surface area contributed by atoms with Gasteiger partial charge in [-0.05, 0) is 43.6 Å². The van der Waals surface area contributed by atoms with Crippen LogP contribution in [0.3, 0.4) is 0 Å². The van der Waals surface area contributed by atoms with Gasteiger partial charge in [0, 0.05) is 12.6 Å². The maximum atomic E-state index is 5.83. The molecule has 1 aliphatic carbocycles. The molecule has 2 nitrogen and oxygen atoms in total. The normalized spacial score (nSPS) is 27.9. The molecule has 0 aromatic heterocycles. The van der Waals surface area contributed by atoms with E-state index < -0.39 is 0 Å². The first kappa shape index (κ1) is 12.3. The van der Waals surface area contributed by atoms with Crippen LogP contribution in [0, 0.1) is 0 Å². The minimum absolute atomic E-state index is 0.436. The van der Waals surface area contributed by atoms with E-state index in [1.165, 1.54) is 30.8 Å². The fourth-order valence-corrected chi connectivity index (χ4v) is 2.42. The van der Waals surface area contributed by atoms with Gasteiger partial charge in [-0.15, -0.1) is 0 Å². The zero-order valence-electron chi connectivity index (χ0n) is 9.21. The molecule has 0 saturated heterocycles. The molecule has 1 rings (SSSR count). The van der Waals surface area contributed by atoms with Gasteiger partial charge in [0.2, 0.25) is 0 Å². The maximum absolute atomic E-state index is 5.83. The minimum atomic E-state index is 0.436. The van der Waals surface area contributed by atoms with Crippen LogP contribution in [0.4, 0.5) is 0 Å². The van der Waals surface area contributed by atoms with E-state index in [-0.39, 0.29) is 0 Å². The van der Waals surface area contributed by atoms with E-state index in [1.54, 1.807) is 0 Å². The van der Waals surface area contributed by atoms with Crippen LogP contribution in [0.15, 0.2) is 0 Å². The maximum Gasteiger partial charge on any atom is 0.0576 e. The molecule has 14 heavy (non-hydrogen) atoms. The van der Waals surface area contributed by atoms with E-state index in [9.17, 15) is 0 Å². The topological polar surface area (TPSA) is 35.2 Å². The minimum Gasteiger partial charge on any atom is -0.378 e. The van der Waals surface area contributed by atoms with Gasteiger partial charge in [0.25, 0.3) is 0 Å². The van der Waals surface area contributed by atoms with Gasteiger partial charge in [-0.1, -0.05) is 6.92 Å². The van der Waals surface area contributed by atoms with E-state index in [1.807, 2.05) is 11.8 Å². The first-order valence-electron chi connectivity index (χ1n) is 5.78. The summed E-state index contributed by atoms with van der Waals surface area (Å²) in [6.45, 7) is 3.14. The molecule has 1 saturated carbocycles. The molecule has 0 aliphatic heterocycles. The van der Waals surface area contributed by atoms with Gasteiger partial charge in [0.1, 0.15) is 0 Å². The summed E-state index contributed by atoms with van der Waals surface area (Å²) in [6.07, 6.45) is 6.33. The second kappa shape index (κ2) is 7.55. The Kier molecular flexibility index (Phi) is 6.65. The number of hydrogen-bond donors (Lipinski definition) is 1. The first-order chi connectivity index (χ1) is 6.83. The molecule has 1 aliphatic rings. The Labute approximate surface area is 92.0 Å². The lowest BCUT2D eigenvalue weighted by atomic mass is 9.94. The number of hydrogen-bond acceptors (Lipinski definition) is 3. The van der Waals surface area contributed by atoms with E-state index in [4.69, 9.17) is 10.5 Å². The molecule has 0 bridgehead atoms. The smallest absolute Gasteiger partial charge is 0.0576 e. The quantitative estimate of drug-likeness (QED) is 0.694. The molecule has 0 aromatic rings. The van der Waals surface area contributed by atoms with Crippen molar-refractivity contribution in [2.24, 2.45) is 5.73 Å². The summed E-state index contributed by atoms with van der Waals surface area (Å²) >= 11 is 2.00. The molecular weight excluding hydrogens is 194 g/mol. The van der Waals surface area contributed by atoms with Crippen molar-refractivity contribution in [2.45, 2.75) is 51.2 Å². The summed E-state index contributed by atoms with van der Waals surface area (Å²) in [5, 5.41) is 0. The average Bonchev–Trinajstić information content (AvgIpc) is 2.21. The second-order valence-electron chi connectivity index (χ2n) is 3.96. The molecule has 2 N–H and O–H groups in total. The van der Waals surface area contributed by atoms with Gasteiger partial charge in [-0.2, -0.15) is 11.8 Å². The summed E-state index contributed by atoms with van der Waals surface area (Å²) in [4.78, 5) is 0. The highest BCUT2D eigenvalue weighted by Crippen LogP contribution is 2.19. The van der Waals surface area contributed by atoms with Crippen molar-refractivity contribution in [3.05, 3.63) is 0 Å². The molecule has 84 valence electrons. The lowest BCUT2D eigenvalue weighted by molar-refractivity contribution is 0.0260. The predicted molar refractivity (Wildman–Crippen MR) is 63.8 cm³/mol. The highest BCUT2D eigenvalue weighted by Gasteiger charge is 2.18. The highest BCUT2D eigenvalue weighted by molar-refractivity contribution is 7.99. The molecule has 0 amide bonds. The molecular formula is C11H23NOS. The predicted octanol–water partition coefficient (Wildman–Crippen LogP) is 2.42. The fraction of sp³-hybridized carbons (Fsp3) is 1.00. The zero-order chi connectivity index (χ0) is 10.2. The van der Waals surface area contributed by atoms with Crippen molar-refractivity contribution in [2.75, 3.05) is 18.1 Å². The van der Waals surface area contributed by atoms with Crippen LogP contribution in [0.25, 0.3) is 0 Å². The second-order valence-corrected chi connectivity index (χ2v) is 5.35. The third-order valence-corrected chi connectivity index (χ3v) is 3.70. The largest absolute Gasteiger partial charge is 0.378 e. The average molecular weight is 217 g/mol. The SMILES string of the molecule is CCSCCCOC1CCC(N)CC1. The number of nitrogens with two attached hydrogens (primary N) is 1. The van der Waals surface area contributed by atoms with Crippen LogP contribution in [-0.4, -0.2) is 30.3 Å². The van der Waals surface area contributed by atoms with Crippen molar-refractivity contribution in [1.29, 1.82) is 0 Å². The van der Waals surface area contributed by atoms with E-state index >= 15 is 0 Å². The van der Waals surface area contributed by atoms with Crippen LogP contribution in [0.5, 0.6) is 0 Å². The van der Waals surface area contributed by atoms with Crippen LogP contribution >= 0.6 is 11.8 Å². The van der Waals surface area contributed by atoms with Gasteiger partial charge < -0.3 is 10.5 Å². The Morgan fingerprint density at radius 2 is 2.00 bits per heavy atom. The standard InChI is InChI=1S/C11H23NOS/c1-2-14-9-3-8-13-11-6-4-10(12)5-7-11/h10-11H,2-9,12H2,1H3. The Morgan fingerprint density at radius 1 is 1.29 bits per heavy atom. The highest BCUT2D eigenvalue weighted by atomic mass is 32.2. The molecule has 0 unspecified atom stereocenters. The summed E-state index contributed by atoms with van der Waals surface area (Å²) < 4.78 is 5.81. The zero-order valence-corrected chi connectivity index (χ0v) is 10.0. The molecule has 0 radical (unpaired) electrons. The van der Waals surface area contributed by atoms with E-state index in [2.05, 4.69) is 6.92 Å². The van der Waals surface area contributed by atoms with Gasteiger partial charge in [0.15, 0.2) is 0 Å². The Balaban J connectivity index is 1.91. The fourth-order valence-electron chi connectivity index (χ4n) is 1.81. The number of rotatable bonds is 6. The Bertz CT molecular complexity index is 135. The van der Waals surface area contributed by atoms with Gasteiger partial charge in [-0.3, -0.25) is 0 Å².